The Morgan fingerprint density at radius 2 is 1.61 bits per heavy atom. The average Bonchev–Trinajstić information content (AvgIpc) is 3.40. The van der Waals surface area contributed by atoms with Gasteiger partial charge in [0, 0.05) is 19.4 Å². The highest BCUT2D eigenvalue weighted by Crippen LogP contribution is 2.44. The molecule has 6 heteroatoms. The quantitative estimate of drug-likeness (QED) is 0.428. The minimum atomic E-state index is -0.769. The number of thiophene rings is 1. The van der Waals surface area contributed by atoms with Gasteiger partial charge in [0.2, 0.25) is 0 Å². The van der Waals surface area contributed by atoms with Crippen molar-refractivity contribution in [3.63, 3.8) is 0 Å². The van der Waals surface area contributed by atoms with E-state index in [1.165, 1.54) is 16.0 Å². The van der Waals surface area contributed by atoms with Crippen LogP contribution < -0.4 is 0 Å². The molecule has 1 amide bonds. The summed E-state index contributed by atoms with van der Waals surface area (Å²) in [5.41, 5.74) is 4.98. The molecule has 0 bridgehead atoms. The third-order valence-electron chi connectivity index (χ3n) is 5.78. The van der Waals surface area contributed by atoms with Crippen molar-refractivity contribution >= 4 is 23.4 Å². The summed E-state index contributed by atoms with van der Waals surface area (Å²) in [6.07, 6.45) is -0.165. The van der Waals surface area contributed by atoms with E-state index in [2.05, 4.69) is 24.3 Å². The average molecular weight is 464 g/mol. The predicted molar refractivity (Wildman–Crippen MR) is 130 cm³/mol. The zero-order valence-electron chi connectivity index (χ0n) is 19.4. The molecule has 1 aliphatic rings. The van der Waals surface area contributed by atoms with Crippen LogP contribution in [0.3, 0.4) is 0 Å². The summed E-state index contributed by atoms with van der Waals surface area (Å²) < 4.78 is 11.4. The number of amides is 1. The zero-order valence-corrected chi connectivity index (χ0v) is 20.2. The number of ether oxygens (including phenoxy) is 2. The van der Waals surface area contributed by atoms with Gasteiger partial charge in [-0.05, 0) is 65.4 Å². The maximum Gasteiger partial charge on any atom is 0.410 e. The summed E-state index contributed by atoms with van der Waals surface area (Å²) in [7, 11) is 1.60. The van der Waals surface area contributed by atoms with Crippen LogP contribution in [0.2, 0.25) is 0 Å². The normalized spacial score (nSPS) is 13.7. The minimum Gasteiger partial charge on any atom is -0.458 e. The van der Waals surface area contributed by atoms with Gasteiger partial charge in [0.15, 0.2) is 0 Å². The van der Waals surface area contributed by atoms with E-state index in [1.54, 1.807) is 18.4 Å². The van der Waals surface area contributed by atoms with Crippen molar-refractivity contribution in [3.8, 4) is 11.1 Å². The zero-order chi connectivity index (χ0) is 23.6. The first-order valence-corrected chi connectivity index (χ1v) is 12.0. The molecule has 0 aliphatic heterocycles. The second-order valence-corrected chi connectivity index (χ2v) is 10.1. The second-order valence-electron chi connectivity index (χ2n) is 9.30. The second kappa shape index (κ2) is 9.40. The van der Waals surface area contributed by atoms with Gasteiger partial charge in [0.25, 0.3) is 0 Å². The molecule has 0 spiro atoms. The molecule has 1 atom stereocenters. The van der Waals surface area contributed by atoms with Crippen LogP contribution in [0.1, 0.15) is 43.4 Å². The largest absolute Gasteiger partial charge is 0.458 e. The first-order chi connectivity index (χ1) is 15.7. The summed E-state index contributed by atoms with van der Waals surface area (Å²) in [6.45, 7) is 5.66. The van der Waals surface area contributed by atoms with Crippen LogP contribution in [0.5, 0.6) is 0 Å². The highest BCUT2D eigenvalue weighted by Gasteiger charge is 2.34. The summed E-state index contributed by atoms with van der Waals surface area (Å²) >= 11 is 1.55. The Labute approximate surface area is 199 Å². The van der Waals surface area contributed by atoms with Crippen LogP contribution in [0.4, 0.5) is 4.79 Å². The highest BCUT2D eigenvalue weighted by atomic mass is 32.1. The van der Waals surface area contributed by atoms with Crippen molar-refractivity contribution in [2.24, 2.45) is 0 Å². The van der Waals surface area contributed by atoms with Crippen molar-refractivity contribution in [2.45, 2.75) is 44.8 Å². The van der Waals surface area contributed by atoms with Crippen LogP contribution in [0, 0.1) is 0 Å². The van der Waals surface area contributed by atoms with Crippen molar-refractivity contribution < 1.29 is 19.1 Å². The van der Waals surface area contributed by atoms with E-state index in [9.17, 15) is 9.59 Å². The summed E-state index contributed by atoms with van der Waals surface area (Å²) in [5.74, 6) is -0.476. The maximum absolute atomic E-state index is 13.1. The number of likely N-dealkylation sites (N-methyl/N-ethyl adjacent to an activating group) is 1. The van der Waals surface area contributed by atoms with Crippen molar-refractivity contribution in [1.29, 1.82) is 0 Å². The smallest absolute Gasteiger partial charge is 0.410 e. The van der Waals surface area contributed by atoms with Crippen molar-refractivity contribution in [3.05, 3.63) is 82.0 Å². The molecule has 2 aromatic carbocycles. The highest BCUT2D eigenvalue weighted by molar-refractivity contribution is 7.07. The van der Waals surface area contributed by atoms with Crippen molar-refractivity contribution in [1.82, 2.24) is 4.90 Å². The predicted octanol–water partition coefficient (Wildman–Crippen LogP) is 5.88. The number of nitrogens with zero attached hydrogens (tertiary/aromatic N) is 1. The molecule has 3 aromatic rings. The monoisotopic (exact) mass is 463 g/mol. The number of benzene rings is 2. The molecule has 0 N–H and O–H groups in total. The van der Waals surface area contributed by atoms with Gasteiger partial charge in [-0.15, -0.1) is 0 Å². The SMILES string of the molecule is CN(C(=O)OCC1c2ccccc2-c2ccccc21)[C@@H](Cc1ccsc1)C(=O)OC(C)(C)C. The Bertz CT molecular complexity index is 1090. The fourth-order valence-electron chi connectivity index (χ4n) is 4.20. The van der Waals surface area contributed by atoms with Gasteiger partial charge in [0.05, 0.1) is 0 Å². The molecule has 172 valence electrons. The van der Waals surface area contributed by atoms with Gasteiger partial charge in [-0.1, -0.05) is 48.5 Å². The molecule has 1 heterocycles. The van der Waals surface area contributed by atoms with Crippen LogP contribution in [-0.4, -0.2) is 42.3 Å². The molecule has 0 fully saturated rings. The third-order valence-corrected chi connectivity index (χ3v) is 6.51. The lowest BCUT2D eigenvalue weighted by Gasteiger charge is -2.29. The number of rotatable bonds is 6. The van der Waals surface area contributed by atoms with Gasteiger partial charge >= 0.3 is 12.1 Å². The fraction of sp³-hybridized carbons (Fsp3) is 0.333. The molecule has 0 radical (unpaired) electrons. The Kier molecular flexibility index (Phi) is 6.56. The molecule has 0 unspecified atom stereocenters. The first-order valence-electron chi connectivity index (χ1n) is 11.1. The van der Waals surface area contributed by atoms with E-state index in [0.717, 1.165) is 16.7 Å². The van der Waals surface area contributed by atoms with Gasteiger partial charge < -0.3 is 9.47 Å². The van der Waals surface area contributed by atoms with E-state index < -0.39 is 23.7 Å². The third kappa shape index (κ3) is 5.11. The van der Waals surface area contributed by atoms with Gasteiger partial charge in [0.1, 0.15) is 18.2 Å². The number of carbonyl (C=O) groups excluding carboxylic acids is 2. The molecule has 4 rings (SSSR count). The number of fused-ring (bicyclic) bond motifs is 3. The summed E-state index contributed by atoms with van der Waals surface area (Å²) in [5, 5.41) is 3.93. The fourth-order valence-corrected chi connectivity index (χ4v) is 4.88. The van der Waals surface area contributed by atoms with Gasteiger partial charge in [-0.25, -0.2) is 9.59 Å². The lowest BCUT2D eigenvalue weighted by molar-refractivity contribution is -0.160. The number of esters is 1. The molecule has 33 heavy (non-hydrogen) atoms. The van der Waals surface area contributed by atoms with Crippen LogP contribution in [0.15, 0.2) is 65.4 Å². The lowest BCUT2D eigenvalue weighted by Crippen LogP contribution is -2.47. The molecule has 5 nitrogen and oxygen atoms in total. The minimum absolute atomic E-state index is 0.0356. The van der Waals surface area contributed by atoms with E-state index in [4.69, 9.17) is 9.47 Å². The van der Waals surface area contributed by atoms with Gasteiger partial charge in [-0.3, -0.25) is 4.90 Å². The standard InChI is InChI=1S/C27H29NO4S/c1-27(2,3)32-25(29)24(15-18-13-14-33-17-18)28(4)26(30)31-16-23-21-11-7-5-9-19(21)20-10-6-8-12-22(20)23/h5-14,17,23-24H,15-16H2,1-4H3/t24-/m0/s1. The first kappa shape index (κ1) is 23.1. The van der Waals surface area contributed by atoms with E-state index in [0.29, 0.717) is 6.42 Å². The molecular formula is C27H29NO4S. The molecule has 0 saturated carbocycles. The maximum atomic E-state index is 13.1. The summed E-state index contributed by atoms with van der Waals surface area (Å²) in [6, 6.07) is 17.6. The van der Waals surface area contributed by atoms with Gasteiger partial charge in [-0.2, -0.15) is 11.3 Å². The Morgan fingerprint density at radius 1 is 1.00 bits per heavy atom. The molecule has 0 saturated heterocycles. The lowest BCUT2D eigenvalue weighted by atomic mass is 9.98. The number of hydrogen-bond donors (Lipinski definition) is 0. The number of hydrogen-bond acceptors (Lipinski definition) is 5. The molecule has 1 aliphatic carbocycles. The Balaban J connectivity index is 1.50. The van der Waals surface area contributed by atoms with Crippen LogP contribution in [0.25, 0.3) is 11.1 Å². The Hall–Kier alpha value is -3.12. The van der Waals surface area contributed by atoms with Crippen LogP contribution in [-0.2, 0) is 20.7 Å². The van der Waals surface area contributed by atoms with E-state index in [-0.39, 0.29) is 12.5 Å². The topological polar surface area (TPSA) is 55.8 Å². The molecular weight excluding hydrogens is 434 g/mol. The summed E-state index contributed by atoms with van der Waals surface area (Å²) in [4.78, 5) is 27.4. The Morgan fingerprint density at radius 3 is 2.15 bits per heavy atom. The van der Waals surface area contributed by atoms with E-state index in [1.807, 2.05) is 61.9 Å². The molecule has 1 aromatic heterocycles. The van der Waals surface area contributed by atoms with E-state index >= 15 is 0 Å². The number of carbonyl (C=O) groups is 2. The van der Waals surface area contributed by atoms with Crippen molar-refractivity contribution in [2.75, 3.05) is 13.7 Å². The van der Waals surface area contributed by atoms with Crippen LogP contribution >= 0.6 is 11.3 Å².